The standard InChI is InChI=1S/C64H41N5.C59H37N5/c1-4-16-43(17-5-1)64-66-57-24-12-15-27-63(57)69(64)49-33-28-42(29-34-49)52-41-58(46-32-37-62-55(40-46)51-23-11-14-26-60(51)68(62)48-20-8-3-9-21-48)65-56-35-30-44(38-53(52)56)45-31-36-61-54(39-45)50-22-10-13-25-59(50)67(61)47-18-6-2-7-19-47;1-3-15-43(16-4-1)63-55-22-9-7-19-45(55)50-34-40(26-30-57(50)63)39-24-29-53-49(33-39)48(42-25-28-52(61-37-42)47-21-11-13-38-14-12-32-60-59(38)47)36-54(62-53)41-27-31-58-51(35-41)46-20-8-10-23-56(46)64(58)44-17-5-2-6-18-44/h1-41H;1-37H. The molecular weight excluding hydrogens is 1620 g/mol. The fourth-order valence-electron chi connectivity index (χ4n) is 20.5. The number of hydrogen-bond donors (Lipinski definition) is 0. The molecule has 0 aliphatic rings. The van der Waals surface area contributed by atoms with E-state index in [4.69, 9.17) is 24.9 Å². The first-order chi connectivity index (χ1) is 65.9. The van der Waals surface area contributed by atoms with Gasteiger partial charge in [0.1, 0.15) is 5.82 Å². The molecule has 0 saturated carbocycles. The first-order valence-electron chi connectivity index (χ1n) is 45.2. The van der Waals surface area contributed by atoms with Crippen LogP contribution in [0.15, 0.2) is 473 Å². The number of nitrogens with zero attached hydrogens (tertiary/aromatic N) is 10. The van der Waals surface area contributed by atoms with Crippen molar-refractivity contribution in [3.8, 4) is 118 Å². The summed E-state index contributed by atoms with van der Waals surface area (Å²) in [7, 11) is 0. The third-order valence-corrected chi connectivity index (χ3v) is 26.6. The number of fused-ring (bicyclic) bond motifs is 16. The van der Waals surface area contributed by atoms with Crippen LogP contribution in [-0.2, 0) is 0 Å². The molecule has 133 heavy (non-hydrogen) atoms. The highest BCUT2D eigenvalue weighted by Gasteiger charge is 2.24. The zero-order chi connectivity index (χ0) is 87.6. The Morgan fingerprint density at radius 1 is 0.165 bits per heavy atom. The van der Waals surface area contributed by atoms with Gasteiger partial charge in [0.25, 0.3) is 0 Å². The van der Waals surface area contributed by atoms with Crippen molar-refractivity contribution in [2.24, 2.45) is 0 Å². The second-order valence-electron chi connectivity index (χ2n) is 34.2. The summed E-state index contributed by atoms with van der Waals surface area (Å²) in [6.45, 7) is 0. The van der Waals surface area contributed by atoms with Gasteiger partial charge < -0.3 is 18.3 Å². The van der Waals surface area contributed by atoms with Crippen LogP contribution in [0.4, 0.5) is 0 Å². The Bertz CT molecular complexity index is 9290. The lowest BCUT2D eigenvalue weighted by molar-refractivity contribution is 1.10. The van der Waals surface area contributed by atoms with Crippen LogP contribution < -0.4 is 0 Å². The van der Waals surface area contributed by atoms with Crippen molar-refractivity contribution in [2.75, 3.05) is 0 Å². The molecule has 0 aliphatic carbocycles. The third kappa shape index (κ3) is 13.0. The maximum atomic E-state index is 5.46. The van der Waals surface area contributed by atoms with E-state index in [-0.39, 0.29) is 0 Å². The molecule has 27 aromatic rings. The Labute approximate surface area is 765 Å². The number of imidazole rings is 1. The van der Waals surface area contributed by atoms with Crippen molar-refractivity contribution < 1.29 is 0 Å². The van der Waals surface area contributed by atoms with Crippen molar-refractivity contribution in [2.45, 2.75) is 0 Å². The predicted molar refractivity (Wildman–Crippen MR) is 552 cm³/mol. The first kappa shape index (κ1) is 76.3. The van der Waals surface area contributed by atoms with E-state index in [1.807, 2.05) is 24.5 Å². The Hall–Kier alpha value is -18.0. The number of pyridine rings is 4. The van der Waals surface area contributed by atoms with E-state index in [9.17, 15) is 0 Å². The van der Waals surface area contributed by atoms with E-state index in [1.54, 1.807) is 0 Å². The molecule has 9 heterocycles. The molecule has 9 aromatic heterocycles. The quantitative estimate of drug-likeness (QED) is 0.115. The number of aromatic nitrogens is 10. The Morgan fingerprint density at radius 2 is 0.511 bits per heavy atom. The van der Waals surface area contributed by atoms with Crippen LogP contribution in [0.5, 0.6) is 0 Å². The minimum absolute atomic E-state index is 0.885. The van der Waals surface area contributed by atoms with Gasteiger partial charge >= 0.3 is 0 Å². The molecule has 0 fully saturated rings. The smallest absolute Gasteiger partial charge is 0.145 e. The second-order valence-corrected chi connectivity index (χ2v) is 34.2. The van der Waals surface area contributed by atoms with Crippen molar-refractivity contribution >= 4 is 131 Å². The molecule has 0 amide bonds. The highest BCUT2D eigenvalue weighted by molar-refractivity contribution is 6.15. The molecule has 0 bridgehead atoms. The van der Waals surface area contributed by atoms with Gasteiger partial charge in [0.05, 0.1) is 88.8 Å². The van der Waals surface area contributed by atoms with Gasteiger partial charge in [-0.15, -0.1) is 0 Å². The van der Waals surface area contributed by atoms with Gasteiger partial charge in [0, 0.05) is 128 Å². The fourth-order valence-corrected chi connectivity index (χ4v) is 20.5. The molecule has 10 heteroatoms. The molecule has 10 nitrogen and oxygen atoms in total. The van der Waals surface area contributed by atoms with Crippen molar-refractivity contribution in [3.05, 3.63) is 473 Å². The molecule has 0 aliphatic heterocycles. The van der Waals surface area contributed by atoms with Crippen LogP contribution in [0.25, 0.3) is 249 Å². The minimum Gasteiger partial charge on any atom is -0.309 e. The summed E-state index contributed by atoms with van der Waals surface area (Å²) in [4.78, 5) is 25.8. The van der Waals surface area contributed by atoms with Gasteiger partial charge in [-0.05, 0) is 233 Å². The Kier molecular flexibility index (Phi) is 18.1. The molecule has 18 aromatic carbocycles. The lowest BCUT2D eigenvalue weighted by atomic mass is 9.94. The van der Waals surface area contributed by atoms with Crippen LogP contribution in [0.1, 0.15) is 0 Å². The van der Waals surface area contributed by atoms with Crippen molar-refractivity contribution in [1.82, 2.24) is 47.8 Å². The Morgan fingerprint density at radius 3 is 0.955 bits per heavy atom. The van der Waals surface area contributed by atoms with E-state index >= 15 is 0 Å². The molecule has 27 rings (SSSR count). The maximum Gasteiger partial charge on any atom is 0.145 e. The van der Waals surface area contributed by atoms with E-state index in [2.05, 4.69) is 472 Å². The molecule has 0 radical (unpaired) electrons. The maximum absolute atomic E-state index is 5.46. The zero-order valence-corrected chi connectivity index (χ0v) is 72.0. The van der Waals surface area contributed by atoms with Gasteiger partial charge in [0.2, 0.25) is 0 Å². The van der Waals surface area contributed by atoms with Gasteiger partial charge in [-0.1, -0.05) is 267 Å². The average molecular weight is 1700 g/mol. The number of benzene rings is 18. The van der Waals surface area contributed by atoms with Crippen LogP contribution in [-0.4, -0.2) is 47.8 Å². The van der Waals surface area contributed by atoms with Crippen LogP contribution >= 0.6 is 0 Å². The Balaban J connectivity index is 0.000000139. The summed E-state index contributed by atoms with van der Waals surface area (Å²) in [5.74, 6) is 0.915. The SMILES string of the molecule is c1ccc(-c2nc3ccccc3n2-c2ccc(-c3cc(-c4ccc5c(c4)c4ccccc4n5-c4ccccc4)nc4ccc(-c5ccc6c(c5)c5ccccc5n6-c5ccccc5)cc34)cc2)cc1.c1ccc(-n2c3ccccc3c3cc(-c4ccc5nc(-c6ccc7c(c6)c6ccccc6n7-c6ccccc6)cc(-c6ccc(-c7cccc8cccnc78)nc6)c5c4)ccc32)cc1. The normalized spacial score (nSPS) is 11.8. The largest absolute Gasteiger partial charge is 0.309 e. The summed E-state index contributed by atoms with van der Waals surface area (Å²) in [5, 5.41) is 13.0. The van der Waals surface area contributed by atoms with Gasteiger partial charge in [-0.2, -0.15) is 0 Å². The zero-order valence-electron chi connectivity index (χ0n) is 72.0. The van der Waals surface area contributed by atoms with Crippen LogP contribution in [0, 0.1) is 0 Å². The fraction of sp³-hybridized carbons (Fsp3) is 0. The summed E-state index contributed by atoms with van der Waals surface area (Å²) in [5.41, 5.74) is 35.7. The number of rotatable bonds is 13. The summed E-state index contributed by atoms with van der Waals surface area (Å²) in [6, 6.07) is 165. The van der Waals surface area contributed by atoms with E-state index in [1.165, 1.54) is 76.2 Å². The highest BCUT2D eigenvalue weighted by atomic mass is 15.1. The summed E-state index contributed by atoms with van der Waals surface area (Å²) in [6.07, 6.45) is 3.85. The molecule has 0 saturated heterocycles. The van der Waals surface area contributed by atoms with Gasteiger partial charge in [-0.3, -0.25) is 14.5 Å². The highest BCUT2D eigenvalue weighted by Crippen LogP contribution is 2.46. The van der Waals surface area contributed by atoms with Gasteiger partial charge in [0.15, 0.2) is 0 Å². The van der Waals surface area contributed by atoms with Crippen LogP contribution in [0.2, 0.25) is 0 Å². The molecule has 0 spiro atoms. The molecule has 0 N–H and O–H groups in total. The number of para-hydroxylation sites is 11. The third-order valence-electron chi connectivity index (χ3n) is 26.6. The minimum atomic E-state index is 0.885. The second kappa shape index (κ2) is 31.5. The average Bonchev–Trinajstić information content (AvgIpc) is 1.60. The molecule has 0 atom stereocenters. The van der Waals surface area contributed by atoms with Crippen molar-refractivity contribution in [1.29, 1.82) is 0 Å². The first-order valence-corrected chi connectivity index (χ1v) is 45.2. The molecule has 620 valence electrons. The molecular formula is C123H78N10. The molecule has 0 unspecified atom stereocenters. The lowest BCUT2D eigenvalue weighted by Gasteiger charge is -2.14. The number of hydrogen-bond acceptors (Lipinski definition) is 5. The van der Waals surface area contributed by atoms with E-state index in [0.29, 0.717) is 0 Å². The lowest BCUT2D eigenvalue weighted by Crippen LogP contribution is -1.98. The van der Waals surface area contributed by atoms with E-state index < -0.39 is 0 Å². The summed E-state index contributed by atoms with van der Waals surface area (Å²) < 4.78 is 11.7. The summed E-state index contributed by atoms with van der Waals surface area (Å²) >= 11 is 0. The van der Waals surface area contributed by atoms with Crippen LogP contribution in [0.3, 0.4) is 0 Å². The predicted octanol–water partition coefficient (Wildman–Crippen LogP) is 31.5. The van der Waals surface area contributed by atoms with Crippen molar-refractivity contribution in [3.63, 3.8) is 0 Å². The topological polar surface area (TPSA) is 89.1 Å². The van der Waals surface area contributed by atoms with Gasteiger partial charge in [-0.25, -0.2) is 15.0 Å². The van der Waals surface area contributed by atoms with E-state index in [0.717, 1.165) is 173 Å². The monoisotopic (exact) mass is 1690 g/mol.